The fourth-order valence-electron chi connectivity index (χ4n) is 1.54. The van der Waals surface area contributed by atoms with Crippen LogP contribution in [0.1, 0.15) is 24.6 Å². The van der Waals surface area contributed by atoms with Crippen LogP contribution in [0.15, 0.2) is 22.5 Å². The summed E-state index contributed by atoms with van der Waals surface area (Å²) in [5.41, 5.74) is 0. The molecule has 9 heteroatoms. The molecule has 122 valence electrons. The summed E-state index contributed by atoms with van der Waals surface area (Å²) in [6.07, 6.45) is 0. The molecule has 1 heterocycles. The van der Waals surface area contributed by atoms with Gasteiger partial charge in [-0.2, -0.15) is 0 Å². The van der Waals surface area contributed by atoms with Crippen LogP contribution in [0.25, 0.3) is 0 Å². The molecule has 0 aliphatic carbocycles. The van der Waals surface area contributed by atoms with E-state index < -0.39 is 10.0 Å². The van der Waals surface area contributed by atoms with E-state index in [4.69, 9.17) is 5.14 Å². The van der Waals surface area contributed by atoms with E-state index in [-0.39, 0.29) is 36.3 Å². The zero-order valence-corrected chi connectivity index (χ0v) is 16.2. The molecule has 0 radical (unpaired) electrons. The molecule has 1 aromatic rings. The third-order valence-electron chi connectivity index (χ3n) is 2.58. The van der Waals surface area contributed by atoms with Crippen molar-refractivity contribution >= 4 is 51.3 Å². The van der Waals surface area contributed by atoms with Gasteiger partial charge < -0.3 is 10.6 Å². The van der Waals surface area contributed by atoms with Gasteiger partial charge in [-0.3, -0.25) is 4.99 Å². The van der Waals surface area contributed by atoms with E-state index in [9.17, 15) is 8.42 Å². The monoisotopic (exact) mass is 446 g/mol. The molecular weight excluding hydrogens is 423 g/mol. The number of primary sulfonamides is 1. The van der Waals surface area contributed by atoms with Crippen LogP contribution in [0.2, 0.25) is 0 Å². The van der Waals surface area contributed by atoms with Crippen molar-refractivity contribution in [2.45, 2.75) is 19.8 Å². The Hall–Kier alpha value is -0.390. The highest BCUT2D eigenvalue weighted by atomic mass is 127. The van der Waals surface area contributed by atoms with Crippen LogP contribution in [-0.2, 0) is 10.0 Å². The number of nitrogens with one attached hydrogen (secondary N) is 2. The van der Waals surface area contributed by atoms with E-state index in [2.05, 4.69) is 28.6 Å². The van der Waals surface area contributed by atoms with Gasteiger partial charge in [-0.15, -0.1) is 35.3 Å². The highest BCUT2D eigenvalue weighted by molar-refractivity contribution is 14.0. The third-order valence-corrected chi connectivity index (χ3v) is 4.45. The summed E-state index contributed by atoms with van der Waals surface area (Å²) < 4.78 is 21.7. The summed E-state index contributed by atoms with van der Waals surface area (Å²) in [7, 11) is -3.45. The number of rotatable bonds is 7. The van der Waals surface area contributed by atoms with Gasteiger partial charge in [0.25, 0.3) is 0 Å². The van der Waals surface area contributed by atoms with Crippen LogP contribution in [0.5, 0.6) is 0 Å². The van der Waals surface area contributed by atoms with E-state index in [0.29, 0.717) is 25.0 Å². The van der Waals surface area contributed by atoms with Crippen molar-refractivity contribution in [3.8, 4) is 0 Å². The first kappa shape index (κ1) is 20.6. The minimum absolute atomic E-state index is 0. The molecule has 1 atom stereocenters. The number of sulfonamides is 1. The smallest absolute Gasteiger partial charge is 0.210 e. The second kappa shape index (κ2) is 10.4. The lowest BCUT2D eigenvalue weighted by molar-refractivity contribution is 0.596. The highest BCUT2D eigenvalue weighted by Crippen LogP contribution is 2.20. The zero-order chi connectivity index (χ0) is 15.0. The van der Waals surface area contributed by atoms with Gasteiger partial charge >= 0.3 is 0 Å². The van der Waals surface area contributed by atoms with Crippen molar-refractivity contribution in [2.24, 2.45) is 10.1 Å². The SMILES string of the molecule is CCNC(=NCC(C)c1cccs1)NCCS(N)(=O)=O.I. The molecule has 0 aliphatic rings. The Kier molecular flexibility index (Phi) is 10.2. The van der Waals surface area contributed by atoms with Crippen LogP contribution in [0, 0.1) is 0 Å². The van der Waals surface area contributed by atoms with Gasteiger partial charge in [0.15, 0.2) is 5.96 Å². The lowest BCUT2D eigenvalue weighted by atomic mass is 10.1. The molecule has 1 aromatic heterocycles. The van der Waals surface area contributed by atoms with Crippen molar-refractivity contribution in [1.82, 2.24) is 10.6 Å². The maximum absolute atomic E-state index is 10.9. The Labute approximate surface area is 147 Å². The molecule has 21 heavy (non-hydrogen) atoms. The molecule has 6 nitrogen and oxygen atoms in total. The number of guanidine groups is 1. The third kappa shape index (κ3) is 9.27. The standard InChI is InChI=1S/C12H22N4O2S2.HI/c1-3-14-12(15-6-8-20(13,17)18)16-9-10(2)11-5-4-7-19-11;/h4-5,7,10H,3,6,8-9H2,1-2H3,(H2,13,17,18)(H2,14,15,16);1H. The van der Waals surface area contributed by atoms with Gasteiger partial charge in [-0.25, -0.2) is 13.6 Å². The maximum atomic E-state index is 10.9. The van der Waals surface area contributed by atoms with Crippen molar-refractivity contribution in [2.75, 3.05) is 25.4 Å². The van der Waals surface area contributed by atoms with Crippen LogP contribution in [-0.4, -0.2) is 39.8 Å². The van der Waals surface area contributed by atoms with Gasteiger partial charge in [0.05, 0.1) is 12.3 Å². The lowest BCUT2D eigenvalue weighted by Crippen LogP contribution is -2.40. The lowest BCUT2D eigenvalue weighted by Gasteiger charge is -2.12. The Bertz CT molecular complexity index is 517. The molecule has 1 rings (SSSR count). The van der Waals surface area contributed by atoms with Crippen LogP contribution in [0.4, 0.5) is 0 Å². The van der Waals surface area contributed by atoms with Gasteiger partial charge in [0.2, 0.25) is 10.0 Å². The zero-order valence-electron chi connectivity index (χ0n) is 12.2. The topological polar surface area (TPSA) is 96.6 Å². The molecule has 0 saturated carbocycles. The number of thiophene rings is 1. The molecule has 0 bridgehead atoms. The fraction of sp³-hybridized carbons (Fsp3) is 0.583. The quantitative estimate of drug-likeness (QED) is 0.334. The van der Waals surface area contributed by atoms with Crippen LogP contribution < -0.4 is 15.8 Å². The Morgan fingerprint density at radius 1 is 1.48 bits per heavy atom. The average Bonchev–Trinajstić information content (AvgIpc) is 2.88. The van der Waals surface area contributed by atoms with E-state index in [1.54, 1.807) is 11.3 Å². The first-order valence-corrected chi connectivity index (χ1v) is 9.08. The largest absolute Gasteiger partial charge is 0.357 e. The van der Waals surface area contributed by atoms with Gasteiger partial charge in [-0.05, 0) is 18.4 Å². The molecule has 4 N–H and O–H groups in total. The summed E-state index contributed by atoms with van der Waals surface area (Å²) in [6.45, 7) is 5.68. The molecule has 0 amide bonds. The number of halogens is 1. The van der Waals surface area contributed by atoms with E-state index in [1.165, 1.54) is 4.88 Å². The summed E-state index contributed by atoms with van der Waals surface area (Å²) in [4.78, 5) is 5.74. The van der Waals surface area contributed by atoms with E-state index >= 15 is 0 Å². The van der Waals surface area contributed by atoms with Gasteiger partial charge in [0.1, 0.15) is 0 Å². The number of aliphatic imine (C=N–C) groups is 1. The summed E-state index contributed by atoms with van der Waals surface area (Å²) >= 11 is 1.71. The average molecular weight is 446 g/mol. The first-order chi connectivity index (χ1) is 9.42. The normalized spacial score (nSPS) is 13.4. The van der Waals surface area contributed by atoms with Crippen LogP contribution >= 0.6 is 35.3 Å². The molecule has 0 aliphatic heterocycles. The second-order valence-corrected chi connectivity index (χ2v) is 7.14. The molecule has 0 fully saturated rings. The molecule has 0 spiro atoms. The van der Waals surface area contributed by atoms with Crippen molar-refractivity contribution in [3.05, 3.63) is 22.4 Å². The van der Waals surface area contributed by atoms with Gasteiger partial charge in [-0.1, -0.05) is 13.0 Å². The minimum Gasteiger partial charge on any atom is -0.357 e. The van der Waals surface area contributed by atoms with Crippen LogP contribution in [0.3, 0.4) is 0 Å². The van der Waals surface area contributed by atoms with Crippen molar-refractivity contribution < 1.29 is 8.42 Å². The van der Waals surface area contributed by atoms with E-state index in [0.717, 1.165) is 0 Å². The Balaban J connectivity index is 0.00000400. The molecule has 0 saturated heterocycles. The highest BCUT2D eigenvalue weighted by Gasteiger charge is 2.07. The predicted octanol–water partition coefficient (Wildman–Crippen LogP) is 1.31. The van der Waals surface area contributed by atoms with Crippen molar-refractivity contribution in [1.29, 1.82) is 0 Å². The van der Waals surface area contributed by atoms with Gasteiger partial charge in [0, 0.05) is 23.9 Å². The second-order valence-electron chi connectivity index (χ2n) is 4.43. The number of hydrogen-bond acceptors (Lipinski definition) is 4. The summed E-state index contributed by atoms with van der Waals surface area (Å²) in [5, 5.41) is 13.0. The first-order valence-electron chi connectivity index (χ1n) is 6.48. The number of nitrogens with zero attached hydrogens (tertiary/aromatic N) is 1. The fourth-order valence-corrected chi connectivity index (χ4v) is 2.71. The summed E-state index contributed by atoms with van der Waals surface area (Å²) in [5.74, 6) is 0.834. The van der Waals surface area contributed by atoms with E-state index in [1.807, 2.05) is 18.4 Å². The molecular formula is C12H23IN4O2S2. The predicted molar refractivity (Wildman–Crippen MR) is 100 cm³/mol. The molecule has 0 aromatic carbocycles. The van der Waals surface area contributed by atoms with Crippen molar-refractivity contribution in [3.63, 3.8) is 0 Å². The summed E-state index contributed by atoms with van der Waals surface area (Å²) in [6, 6.07) is 4.11. The Morgan fingerprint density at radius 3 is 2.71 bits per heavy atom. The Morgan fingerprint density at radius 2 is 2.19 bits per heavy atom. The minimum atomic E-state index is -3.45. The maximum Gasteiger partial charge on any atom is 0.210 e. The number of hydrogen-bond donors (Lipinski definition) is 3. The number of nitrogens with two attached hydrogens (primary N) is 1. The molecule has 1 unspecified atom stereocenters.